The van der Waals surface area contributed by atoms with E-state index in [1.165, 1.54) is 38.7 Å². The third kappa shape index (κ3) is 8.44. The van der Waals surface area contributed by atoms with Crippen molar-refractivity contribution in [2.24, 2.45) is 0 Å². The van der Waals surface area contributed by atoms with Crippen LogP contribution in [0.4, 0.5) is 11.4 Å². The second-order valence-corrected chi connectivity index (χ2v) is 17.4. The number of Topliss-reactive ketones (excluding diaryl/α,β-unsaturated/α-hetero) is 1. The minimum Gasteiger partial charge on any atom is -0.344 e. The van der Waals surface area contributed by atoms with Crippen molar-refractivity contribution in [1.82, 2.24) is 0 Å². The van der Waals surface area contributed by atoms with Gasteiger partial charge >= 0.3 is 0 Å². The van der Waals surface area contributed by atoms with Crippen molar-refractivity contribution < 1.29 is 22.3 Å². The van der Waals surface area contributed by atoms with Gasteiger partial charge in [-0.15, -0.1) is 0 Å². The van der Waals surface area contributed by atoms with Crippen molar-refractivity contribution in [3.05, 3.63) is 132 Å². The lowest BCUT2D eigenvalue weighted by molar-refractivity contribution is -0.438. The van der Waals surface area contributed by atoms with Crippen LogP contribution in [0.15, 0.2) is 121 Å². The minimum atomic E-state index is -4.03. The second-order valence-electron chi connectivity index (χ2n) is 15.8. The van der Waals surface area contributed by atoms with Gasteiger partial charge in [0.1, 0.15) is 12.3 Å². The Hall–Kier alpha value is -5.10. The molecular weight excluding hydrogens is 703 g/mol. The van der Waals surface area contributed by atoms with Gasteiger partial charge < -0.3 is 9.69 Å². The SMILES string of the molecule is CC(=O)CCCCCN1\C(=C/C=C/C(C#N)=C/C=C/C2=[N+](CCCCS(=O)(=O)O)c3ccc4ccccc4c3C2(C)C)C(C)(C)c2c1ccc1ccccc21. The predicted octanol–water partition coefficient (Wildman–Crippen LogP) is 10.4. The molecule has 0 aliphatic carbocycles. The normalized spacial score (nSPS) is 17.2. The summed E-state index contributed by atoms with van der Waals surface area (Å²) in [5, 5.41) is 15.0. The highest BCUT2D eigenvalue weighted by Crippen LogP contribution is 2.51. The summed E-state index contributed by atoms with van der Waals surface area (Å²) in [4.78, 5) is 14.0. The summed E-state index contributed by atoms with van der Waals surface area (Å²) < 4.78 is 34.4. The summed E-state index contributed by atoms with van der Waals surface area (Å²) in [7, 11) is -4.03. The first-order chi connectivity index (χ1) is 26.2. The number of hydrogen-bond donors (Lipinski definition) is 1. The van der Waals surface area contributed by atoms with Gasteiger partial charge in [-0.3, -0.25) is 4.55 Å². The van der Waals surface area contributed by atoms with Gasteiger partial charge in [0.2, 0.25) is 5.69 Å². The Morgan fingerprint density at radius 3 is 2.18 bits per heavy atom. The maximum atomic E-state index is 11.5. The molecule has 0 saturated carbocycles. The average molecular weight is 755 g/mol. The molecule has 55 heavy (non-hydrogen) atoms. The number of fused-ring (bicyclic) bond motifs is 6. The summed E-state index contributed by atoms with van der Waals surface area (Å²) in [6.45, 7) is 12.0. The zero-order chi connectivity index (χ0) is 39.4. The lowest BCUT2D eigenvalue weighted by Gasteiger charge is -2.27. The van der Waals surface area contributed by atoms with Crippen LogP contribution in [0.2, 0.25) is 0 Å². The lowest BCUT2D eigenvalue weighted by atomic mass is 9.79. The minimum absolute atomic E-state index is 0.233. The van der Waals surface area contributed by atoms with Crippen LogP contribution in [0, 0.1) is 11.3 Å². The molecule has 2 aliphatic heterocycles. The number of nitrogens with zero attached hydrogens (tertiary/aromatic N) is 3. The number of rotatable bonds is 15. The van der Waals surface area contributed by atoms with Crippen LogP contribution in [0.1, 0.15) is 84.3 Å². The second kappa shape index (κ2) is 16.3. The quantitative estimate of drug-likeness (QED) is 0.0426. The highest BCUT2D eigenvalue weighted by Gasteiger charge is 2.45. The maximum Gasteiger partial charge on any atom is 0.264 e. The molecule has 0 unspecified atom stereocenters. The highest BCUT2D eigenvalue weighted by atomic mass is 32.2. The maximum absolute atomic E-state index is 11.5. The van der Waals surface area contributed by atoms with Gasteiger partial charge in [-0.25, -0.2) is 0 Å². The Balaban J connectivity index is 1.29. The smallest absolute Gasteiger partial charge is 0.264 e. The molecule has 0 aromatic heterocycles. The van der Waals surface area contributed by atoms with Gasteiger partial charge in [0.05, 0.1) is 22.8 Å². The number of allylic oxidation sites excluding steroid dienone is 8. The van der Waals surface area contributed by atoms with Crippen molar-refractivity contribution in [3.63, 3.8) is 0 Å². The van der Waals surface area contributed by atoms with Gasteiger partial charge in [-0.1, -0.05) is 87.0 Å². The monoisotopic (exact) mass is 754 g/mol. The Bertz CT molecular complexity index is 2440. The fourth-order valence-electron chi connectivity index (χ4n) is 8.54. The van der Waals surface area contributed by atoms with Crippen molar-refractivity contribution in [2.75, 3.05) is 23.7 Å². The van der Waals surface area contributed by atoms with Crippen LogP contribution in [0.3, 0.4) is 0 Å². The van der Waals surface area contributed by atoms with Crippen LogP contribution in [0.25, 0.3) is 21.5 Å². The molecule has 2 heterocycles. The zero-order valence-electron chi connectivity index (χ0n) is 32.7. The van der Waals surface area contributed by atoms with Gasteiger partial charge in [0.15, 0.2) is 5.71 Å². The van der Waals surface area contributed by atoms with E-state index in [1.54, 1.807) is 6.92 Å². The average Bonchev–Trinajstić information content (AvgIpc) is 3.50. The molecule has 6 rings (SSSR count). The molecule has 4 aromatic rings. The number of ketones is 1. The lowest BCUT2D eigenvalue weighted by Crippen LogP contribution is -2.28. The van der Waals surface area contributed by atoms with Crippen molar-refractivity contribution >= 4 is 54.5 Å². The molecule has 0 spiro atoms. The number of nitriles is 1. The Kier molecular flexibility index (Phi) is 11.8. The van der Waals surface area contributed by atoms with E-state index < -0.39 is 10.1 Å². The zero-order valence-corrected chi connectivity index (χ0v) is 33.5. The first-order valence-corrected chi connectivity index (χ1v) is 20.9. The molecule has 0 fully saturated rings. The number of benzene rings is 4. The fraction of sp³-hybridized carbons (Fsp3) is 0.340. The topological polar surface area (TPSA) is 101 Å². The third-order valence-electron chi connectivity index (χ3n) is 11.1. The summed E-state index contributed by atoms with van der Waals surface area (Å²) in [6, 6.07) is 27.9. The summed E-state index contributed by atoms with van der Waals surface area (Å²) in [5.41, 5.74) is 6.93. The standard InChI is InChI=1S/C47H51N3O4S/c1-34(51)17-7-6-12-30-49-40-28-26-36-20-8-10-22-38(36)44(40)46(2,3)42(49)24-15-18-35(33-48)19-16-25-43-47(4,5)45-39-23-11-9-21-37(39)27-29-41(45)50(43)31-13-14-32-55(52,53)54/h8-11,15-16,18-29H,6-7,12-14,17,30-32H2,1-5H3/p+1. The van der Waals surface area contributed by atoms with Crippen molar-refractivity contribution in [2.45, 2.75) is 84.0 Å². The Morgan fingerprint density at radius 1 is 0.836 bits per heavy atom. The van der Waals surface area contributed by atoms with E-state index in [9.17, 15) is 23.0 Å². The third-order valence-corrected chi connectivity index (χ3v) is 11.9. The largest absolute Gasteiger partial charge is 0.344 e. The summed E-state index contributed by atoms with van der Waals surface area (Å²) in [6.07, 6.45) is 16.2. The molecular formula is C47H52N3O4S+. The first-order valence-electron chi connectivity index (χ1n) is 19.3. The van der Waals surface area contributed by atoms with Crippen LogP contribution in [-0.2, 0) is 25.7 Å². The fourth-order valence-corrected chi connectivity index (χ4v) is 9.11. The Morgan fingerprint density at radius 2 is 1.51 bits per heavy atom. The van der Waals surface area contributed by atoms with Crippen molar-refractivity contribution in [3.8, 4) is 6.07 Å². The van der Waals surface area contributed by atoms with E-state index >= 15 is 0 Å². The highest BCUT2D eigenvalue weighted by molar-refractivity contribution is 7.85. The number of anilines is 1. The summed E-state index contributed by atoms with van der Waals surface area (Å²) >= 11 is 0. The first kappa shape index (κ1) is 39.6. The molecule has 0 radical (unpaired) electrons. The van der Waals surface area contributed by atoms with Gasteiger partial charge in [-0.2, -0.15) is 18.3 Å². The molecule has 7 nitrogen and oxygen atoms in total. The van der Waals surface area contributed by atoms with E-state index in [1.807, 2.05) is 30.4 Å². The molecule has 8 heteroatoms. The van der Waals surface area contributed by atoms with Gasteiger partial charge in [0, 0.05) is 53.9 Å². The van der Waals surface area contributed by atoms with E-state index in [4.69, 9.17) is 0 Å². The molecule has 2 aliphatic rings. The van der Waals surface area contributed by atoms with Gasteiger partial charge in [-0.05, 0) is 97.5 Å². The molecule has 4 aromatic carbocycles. The van der Waals surface area contributed by atoms with E-state index in [-0.39, 0.29) is 22.4 Å². The molecule has 0 bridgehead atoms. The summed E-state index contributed by atoms with van der Waals surface area (Å²) in [5.74, 6) is -0.0356. The van der Waals surface area contributed by atoms with Crippen LogP contribution in [-0.4, -0.2) is 47.9 Å². The molecule has 0 atom stereocenters. The number of carbonyl (C=O) groups excluding carboxylic acids is 1. The van der Waals surface area contributed by atoms with E-state index in [2.05, 4.69) is 122 Å². The van der Waals surface area contributed by atoms with Crippen LogP contribution in [0.5, 0.6) is 0 Å². The molecule has 1 N–H and O–H groups in total. The van der Waals surface area contributed by atoms with Crippen molar-refractivity contribution in [1.29, 1.82) is 5.26 Å². The Labute approximate surface area is 326 Å². The molecule has 284 valence electrons. The number of unbranched alkanes of at least 4 members (excludes halogenated alkanes) is 3. The number of carbonyl (C=O) groups is 1. The van der Waals surface area contributed by atoms with Crippen LogP contribution >= 0.6 is 0 Å². The van der Waals surface area contributed by atoms with Crippen LogP contribution < -0.4 is 4.90 Å². The predicted molar refractivity (Wildman–Crippen MR) is 226 cm³/mol. The molecule has 0 saturated heterocycles. The number of hydrogen-bond acceptors (Lipinski definition) is 5. The molecule has 0 amide bonds. The van der Waals surface area contributed by atoms with E-state index in [0.29, 0.717) is 31.4 Å². The van der Waals surface area contributed by atoms with Gasteiger partial charge in [0.25, 0.3) is 10.1 Å². The van der Waals surface area contributed by atoms with E-state index in [0.717, 1.165) is 42.6 Å².